The summed E-state index contributed by atoms with van der Waals surface area (Å²) >= 11 is 2.02. The fraction of sp³-hybridized carbons (Fsp3) is 0.390. The molecule has 2 aliphatic carbocycles. The molecule has 320 valence electrons. The van der Waals surface area contributed by atoms with Crippen molar-refractivity contribution >= 4 is 88.7 Å². The van der Waals surface area contributed by atoms with Crippen molar-refractivity contribution in [1.29, 1.82) is 0 Å². The van der Waals surface area contributed by atoms with E-state index in [1.807, 2.05) is 11.3 Å². The van der Waals surface area contributed by atoms with E-state index in [2.05, 4.69) is 198 Å². The third kappa shape index (κ3) is 5.88. The van der Waals surface area contributed by atoms with Crippen LogP contribution < -0.4 is 26.2 Å². The summed E-state index contributed by atoms with van der Waals surface area (Å²) < 4.78 is 2.81. The van der Waals surface area contributed by atoms with Gasteiger partial charge >= 0.3 is 0 Å². The van der Waals surface area contributed by atoms with Crippen molar-refractivity contribution in [3.8, 4) is 0 Å². The number of thiophene rings is 1. The number of fused-ring (bicyclic) bond motifs is 10. The molecule has 0 unspecified atom stereocenters. The van der Waals surface area contributed by atoms with Gasteiger partial charge in [0.05, 0.1) is 10.4 Å². The predicted molar refractivity (Wildman–Crippen MR) is 277 cm³/mol. The second-order valence-corrected chi connectivity index (χ2v) is 24.8. The zero-order valence-electron chi connectivity index (χ0n) is 40.4. The van der Waals surface area contributed by atoms with E-state index in [0.717, 1.165) is 0 Å². The van der Waals surface area contributed by atoms with E-state index >= 15 is 0 Å². The van der Waals surface area contributed by atoms with Gasteiger partial charge in [0.1, 0.15) is 0 Å². The maximum atomic E-state index is 2.69. The normalized spacial score (nSPS) is 18.8. The van der Waals surface area contributed by atoms with Crippen molar-refractivity contribution in [1.82, 2.24) is 0 Å². The zero-order valence-corrected chi connectivity index (χ0v) is 41.2. The van der Waals surface area contributed by atoms with Crippen LogP contribution in [0, 0.1) is 20.8 Å². The van der Waals surface area contributed by atoms with Crippen molar-refractivity contribution in [3.63, 3.8) is 0 Å². The number of benzene rings is 6. The van der Waals surface area contributed by atoms with Gasteiger partial charge in [-0.15, -0.1) is 11.3 Å². The number of hydrogen-bond donors (Lipinski definition) is 0. The van der Waals surface area contributed by atoms with Crippen LogP contribution in [0.15, 0.2) is 91.0 Å². The van der Waals surface area contributed by atoms with Gasteiger partial charge < -0.3 is 9.80 Å². The Bertz CT molecular complexity index is 3110. The van der Waals surface area contributed by atoms with E-state index < -0.39 is 0 Å². The molecule has 0 bridgehead atoms. The number of para-hydroxylation sites is 1. The molecule has 0 spiro atoms. The first-order valence-electron chi connectivity index (χ1n) is 23.7. The summed E-state index contributed by atoms with van der Waals surface area (Å²) in [6.45, 7) is 33.8. The first kappa shape index (κ1) is 40.9. The molecule has 2 nitrogen and oxygen atoms in total. The topological polar surface area (TPSA) is 6.48 Å². The van der Waals surface area contributed by atoms with Crippen molar-refractivity contribution in [2.75, 3.05) is 9.80 Å². The molecule has 0 radical (unpaired) electrons. The van der Waals surface area contributed by atoms with Crippen molar-refractivity contribution in [2.45, 2.75) is 150 Å². The van der Waals surface area contributed by atoms with Crippen LogP contribution >= 0.6 is 11.3 Å². The second kappa shape index (κ2) is 13.2. The average Bonchev–Trinajstić information content (AvgIpc) is 3.59. The van der Waals surface area contributed by atoms with E-state index in [4.69, 9.17) is 0 Å². The van der Waals surface area contributed by atoms with Crippen molar-refractivity contribution < 1.29 is 0 Å². The number of aryl methyl sites for hydroxylation is 3. The van der Waals surface area contributed by atoms with E-state index in [-0.39, 0.29) is 33.8 Å². The minimum absolute atomic E-state index is 0.0623. The van der Waals surface area contributed by atoms with E-state index in [9.17, 15) is 0 Å². The molecule has 1 aromatic heterocycles. The minimum atomic E-state index is 0.0623. The van der Waals surface area contributed by atoms with Crippen LogP contribution in [0.1, 0.15) is 146 Å². The van der Waals surface area contributed by atoms with Gasteiger partial charge in [0.2, 0.25) is 0 Å². The quantitative estimate of drug-likeness (QED) is 0.160. The molecule has 7 aromatic rings. The van der Waals surface area contributed by atoms with Crippen LogP contribution in [0.4, 0.5) is 34.1 Å². The number of nitrogens with zero attached hydrogens (tertiary/aromatic N) is 2. The van der Waals surface area contributed by atoms with Crippen LogP contribution in [-0.2, 0) is 27.1 Å². The molecule has 3 heterocycles. The molecule has 4 heteroatoms. The lowest BCUT2D eigenvalue weighted by Gasteiger charge is -2.48. The Kier molecular flexibility index (Phi) is 8.55. The molecule has 6 aromatic carbocycles. The summed E-state index contributed by atoms with van der Waals surface area (Å²) in [6.07, 6.45) is 4.80. The Labute approximate surface area is 381 Å². The van der Waals surface area contributed by atoms with Crippen LogP contribution in [0.3, 0.4) is 0 Å². The molecule has 0 atom stereocenters. The van der Waals surface area contributed by atoms with Crippen molar-refractivity contribution in [3.05, 3.63) is 136 Å². The molecular weight excluding hydrogens is 780 g/mol. The van der Waals surface area contributed by atoms with Gasteiger partial charge in [-0.2, -0.15) is 0 Å². The van der Waals surface area contributed by atoms with Gasteiger partial charge in [-0.05, 0) is 177 Å². The number of hydrogen-bond acceptors (Lipinski definition) is 3. The van der Waals surface area contributed by atoms with Crippen LogP contribution in [0.25, 0.3) is 20.2 Å². The Morgan fingerprint density at radius 1 is 0.508 bits per heavy atom. The summed E-state index contributed by atoms with van der Waals surface area (Å²) in [5, 5.41) is 2.79. The van der Waals surface area contributed by atoms with Crippen LogP contribution in [0.2, 0.25) is 0 Å². The zero-order chi connectivity index (χ0) is 44.5. The molecule has 4 aliphatic rings. The highest BCUT2D eigenvalue weighted by Crippen LogP contribution is 2.54. The Hall–Kier alpha value is -4.80. The average molecular weight is 845 g/mol. The van der Waals surface area contributed by atoms with Gasteiger partial charge in [-0.3, -0.25) is 0 Å². The van der Waals surface area contributed by atoms with Gasteiger partial charge in [0.15, 0.2) is 0 Å². The summed E-state index contributed by atoms with van der Waals surface area (Å²) in [7, 11) is 0. The highest BCUT2D eigenvalue weighted by atomic mass is 32.1. The first-order valence-corrected chi connectivity index (χ1v) is 24.5. The molecule has 0 fully saturated rings. The second-order valence-electron chi connectivity index (χ2n) is 23.7. The molecule has 11 rings (SSSR count). The predicted octanol–water partition coefficient (Wildman–Crippen LogP) is 15.1. The fourth-order valence-corrected chi connectivity index (χ4v) is 13.5. The summed E-state index contributed by atoms with van der Waals surface area (Å²) in [6, 6.07) is 36.9. The molecule has 0 saturated carbocycles. The Morgan fingerprint density at radius 2 is 1.08 bits per heavy atom. The highest BCUT2D eigenvalue weighted by Gasteiger charge is 2.48. The molecule has 2 aliphatic heterocycles. The van der Waals surface area contributed by atoms with Gasteiger partial charge in [0, 0.05) is 43.9 Å². The molecule has 63 heavy (non-hydrogen) atoms. The summed E-state index contributed by atoms with van der Waals surface area (Å²) in [4.78, 5) is 5.35. The Morgan fingerprint density at radius 3 is 1.70 bits per heavy atom. The highest BCUT2D eigenvalue weighted by molar-refractivity contribution is 7.26. The molecule has 0 N–H and O–H groups in total. The lowest BCUT2D eigenvalue weighted by atomic mass is 9.33. The van der Waals surface area contributed by atoms with Gasteiger partial charge in [-0.25, -0.2) is 0 Å². The number of anilines is 6. The van der Waals surface area contributed by atoms with Gasteiger partial charge in [0.25, 0.3) is 6.71 Å². The third-order valence-electron chi connectivity index (χ3n) is 16.4. The standard InChI is InChI=1S/C59H65BN2S/c1-34-27-49-52-50(28-34)62(46-18-16-15-17-35(46)2)53-44(21-20-38-39-30-40-43(33-51(39)63-54(38)53)59(13,14)26-23-56(40,7)8)60(52)45-31-41-42(58(11,12)25-24-57(41,9)10)32-48(45)61(49)47-22-19-37(29-36(47)3)55(4,5)6/h15-22,27-33H,23-26H2,1-14H3. The maximum Gasteiger partial charge on any atom is 0.252 e. The lowest BCUT2D eigenvalue weighted by molar-refractivity contribution is 0.332. The SMILES string of the molecule is Cc1cc2c3c(c1)N(c1ccccc1C)c1c(ccc4c1sc1cc5c(cc14)C(C)(C)CCC5(C)C)B3c1cc3c(cc1N2c1ccc(C(C)(C)C)cc1C)C(C)(C)CCC3(C)C. The largest absolute Gasteiger partial charge is 0.311 e. The van der Waals surface area contributed by atoms with Crippen LogP contribution in [0.5, 0.6) is 0 Å². The van der Waals surface area contributed by atoms with E-state index in [0.29, 0.717) is 0 Å². The smallest absolute Gasteiger partial charge is 0.252 e. The van der Waals surface area contributed by atoms with Crippen molar-refractivity contribution in [2.24, 2.45) is 0 Å². The monoisotopic (exact) mass is 844 g/mol. The maximum absolute atomic E-state index is 2.69. The lowest BCUT2D eigenvalue weighted by Crippen LogP contribution is -2.62. The Balaban J connectivity index is 1.28. The summed E-state index contributed by atoms with van der Waals surface area (Å²) in [5.41, 5.74) is 24.0. The van der Waals surface area contributed by atoms with E-state index in [1.54, 1.807) is 0 Å². The first-order chi connectivity index (χ1) is 29.6. The third-order valence-corrected chi connectivity index (χ3v) is 17.6. The fourth-order valence-electron chi connectivity index (χ4n) is 12.3. The van der Waals surface area contributed by atoms with Gasteiger partial charge in [-0.1, -0.05) is 125 Å². The minimum Gasteiger partial charge on any atom is -0.311 e. The van der Waals surface area contributed by atoms with E-state index in [1.165, 1.54) is 141 Å². The summed E-state index contributed by atoms with van der Waals surface area (Å²) in [5.74, 6) is 0. The molecular formula is C59H65BN2S. The van der Waals surface area contributed by atoms with Crippen LogP contribution in [-0.4, -0.2) is 6.71 Å². The number of rotatable bonds is 2. The molecule has 0 amide bonds. The molecule has 0 saturated heterocycles.